The maximum absolute atomic E-state index is 12.7. The monoisotopic (exact) mass is 483 g/mol. The van der Waals surface area contributed by atoms with Crippen molar-refractivity contribution in [2.24, 2.45) is 0 Å². The molecule has 0 atom stereocenters. The van der Waals surface area contributed by atoms with Crippen LogP contribution in [0.3, 0.4) is 0 Å². The van der Waals surface area contributed by atoms with Gasteiger partial charge < -0.3 is 5.32 Å². The molecule has 2 heterocycles. The van der Waals surface area contributed by atoms with Gasteiger partial charge in [-0.1, -0.05) is 35.9 Å². The van der Waals surface area contributed by atoms with Crippen molar-refractivity contribution >= 4 is 45.6 Å². The Balaban J connectivity index is 1.47. The van der Waals surface area contributed by atoms with E-state index in [0.29, 0.717) is 33.1 Å². The first kappa shape index (κ1) is 22.6. The van der Waals surface area contributed by atoms with Gasteiger partial charge in [0.05, 0.1) is 11.3 Å². The molecular weight excluding hydrogens is 462 g/mol. The number of hydrogen-bond donors (Lipinski definition) is 1. The van der Waals surface area contributed by atoms with Crippen LogP contribution in [0, 0.1) is 11.3 Å². The van der Waals surface area contributed by atoms with Gasteiger partial charge in [0.15, 0.2) is 11.0 Å². The number of benzene rings is 1. The predicted molar refractivity (Wildman–Crippen MR) is 130 cm³/mol. The molecule has 0 aliphatic heterocycles. The average Bonchev–Trinajstić information content (AvgIpc) is 3.25. The van der Waals surface area contributed by atoms with Crippen LogP contribution in [0.4, 0.5) is 5.00 Å². The Morgan fingerprint density at radius 3 is 2.81 bits per heavy atom. The van der Waals surface area contributed by atoms with E-state index in [4.69, 9.17) is 11.6 Å². The molecule has 3 aromatic rings. The number of amides is 1. The van der Waals surface area contributed by atoms with Gasteiger partial charge in [0.2, 0.25) is 5.91 Å². The van der Waals surface area contributed by atoms with Gasteiger partial charge >= 0.3 is 0 Å². The van der Waals surface area contributed by atoms with Gasteiger partial charge in [-0.25, -0.2) is 0 Å². The summed E-state index contributed by atoms with van der Waals surface area (Å²) in [6, 6.07) is 9.69. The fourth-order valence-corrected chi connectivity index (χ4v) is 5.87. The maximum atomic E-state index is 12.7. The molecule has 1 amide bonds. The van der Waals surface area contributed by atoms with Crippen molar-refractivity contribution in [3.63, 3.8) is 0 Å². The van der Waals surface area contributed by atoms with E-state index in [2.05, 4.69) is 28.2 Å². The molecule has 4 rings (SSSR count). The number of nitrogens with one attached hydrogen (secondary N) is 1. The number of halogens is 1. The molecule has 1 aliphatic rings. The molecule has 0 unspecified atom stereocenters. The van der Waals surface area contributed by atoms with E-state index in [1.54, 1.807) is 29.5 Å². The van der Waals surface area contributed by atoms with E-state index >= 15 is 0 Å². The van der Waals surface area contributed by atoms with Crippen LogP contribution >= 0.6 is 34.7 Å². The number of thioether (sulfide) groups is 1. The second-order valence-corrected chi connectivity index (χ2v) is 9.91. The molecule has 32 heavy (non-hydrogen) atoms. The van der Waals surface area contributed by atoms with E-state index in [-0.39, 0.29) is 11.7 Å². The lowest BCUT2D eigenvalue weighted by Gasteiger charge is -2.08. The van der Waals surface area contributed by atoms with Gasteiger partial charge in [0.25, 0.3) is 0 Å². The summed E-state index contributed by atoms with van der Waals surface area (Å²) in [5.74, 6) is 0.700. The third-order valence-corrected chi connectivity index (χ3v) is 7.68. The van der Waals surface area contributed by atoms with E-state index in [1.165, 1.54) is 23.1 Å². The molecule has 2 aromatic heterocycles. The minimum Gasteiger partial charge on any atom is -0.316 e. The van der Waals surface area contributed by atoms with Gasteiger partial charge in [0.1, 0.15) is 11.1 Å². The Labute approximate surface area is 200 Å². The number of nitriles is 1. The number of carbonyl (C=O) groups is 1. The van der Waals surface area contributed by atoms with Gasteiger partial charge in [-0.3, -0.25) is 9.36 Å². The van der Waals surface area contributed by atoms with Crippen LogP contribution in [-0.4, -0.2) is 26.4 Å². The standard InChI is InChI=1S/C23H22ClN5OS2/c1-2-12-29-21(15-8-10-16(24)11-9-15)27-28-23(29)31-14-20(30)26-22-18(13-25)17-6-4-3-5-7-19(17)32-22/h2,8-11H,1,3-7,12,14H2,(H,26,30). The highest BCUT2D eigenvalue weighted by atomic mass is 35.5. The number of thiophene rings is 1. The van der Waals surface area contributed by atoms with Crippen LogP contribution in [0.15, 0.2) is 42.1 Å². The number of nitrogens with zero attached hydrogens (tertiary/aromatic N) is 4. The van der Waals surface area contributed by atoms with Crippen molar-refractivity contribution in [3.05, 3.63) is 57.9 Å². The van der Waals surface area contributed by atoms with E-state index < -0.39 is 0 Å². The lowest BCUT2D eigenvalue weighted by Crippen LogP contribution is -2.14. The van der Waals surface area contributed by atoms with Crippen molar-refractivity contribution in [2.75, 3.05) is 11.1 Å². The second-order valence-electron chi connectivity index (χ2n) is 7.43. The number of aryl methyl sites for hydroxylation is 1. The molecule has 0 saturated heterocycles. The summed E-state index contributed by atoms with van der Waals surface area (Å²) in [4.78, 5) is 13.9. The van der Waals surface area contributed by atoms with Crippen LogP contribution in [0.1, 0.15) is 35.3 Å². The molecule has 9 heteroatoms. The van der Waals surface area contributed by atoms with Crippen LogP contribution in [0.5, 0.6) is 0 Å². The molecule has 1 aromatic carbocycles. The highest BCUT2D eigenvalue weighted by Gasteiger charge is 2.21. The molecule has 0 radical (unpaired) electrons. The van der Waals surface area contributed by atoms with Crippen LogP contribution in [0.25, 0.3) is 11.4 Å². The van der Waals surface area contributed by atoms with Crippen LogP contribution < -0.4 is 5.32 Å². The fraction of sp³-hybridized carbons (Fsp3) is 0.304. The summed E-state index contributed by atoms with van der Waals surface area (Å²) in [6.07, 6.45) is 7.08. The lowest BCUT2D eigenvalue weighted by atomic mass is 10.1. The van der Waals surface area contributed by atoms with Crippen LogP contribution in [-0.2, 0) is 24.2 Å². The Hall–Kier alpha value is -2.60. The molecular formula is C23H22ClN5OS2. The van der Waals surface area contributed by atoms with Gasteiger partial charge in [-0.15, -0.1) is 28.1 Å². The molecule has 6 nitrogen and oxygen atoms in total. The summed E-state index contributed by atoms with van der Waals surface area (Å²) < 4.78 is 1.92. The predicted octanol–water partition coefficient (Wildman–Crippen LogP) is 5.72. The largest absolute Gasteiger partial charge is 0.316 e. The quantitative estimate of drug-likeness (QED) is 0.264. The van der Waals surface area contributed by atoms with Crippen molar-refractivity contribution in [2.45, 2.75) is 43.8 Å². The summed E-state index contributed by atoms with van der Waals surface area (Å²) in [5.41, 5.74) is 2.64. The second kappa shape index (κ2) is 10.3. The number of carbonyl (C=O) groups excluding carboxylic acids is 1. The zero-order valence-corrected chi connectivity index (χ0v) is 19.8. The molecule has 0 spiro atoms. The summed E-state index contributed by atoms with van der Waals surface area (Å²) in [6.45, 7) is 4.34. The number of aromatic nitrogens is 3. The van der Waals surface area contributed by atoms with Crippen molar-refractivity contribution in [1.29, 1.82) is 5.26 Å². The first-order valence-electron chi connectivity index (χ1n) is 10.4. The zero-order valence-electron chi connectivity index (χ0n) is 17.4. The summed E-state index contributed by atoms with van der Waals surface area (Å²) in [5, 5.41) is 23.1. The highest BCUT2D eigenvalue weighted by Crippen LogP contribution is 2.37. The Morgan fingerprint density at radius 2 is 2.06 bits per heavy atom. The Bertz CT molecular complexity index is 1180. The minimum atomic E-state index is -0.163. The first-order valence-corrected chi connectivity index (χ1v) is 12.6. The fourth-order valence-electron chi connectivity index (χ4n) is 3.74. The Kier molecular flexibility index (Phi) is 7.30. The molecule has 0 fully saturated rings. The molecule has 1 N–H and O–H groups in total. The summed E-state index contributed by atoms with van der Waals surface area (Å²) >= 11 is 8.84. The van der Waals surface area contributed by atoms with E-state index in [1.807, 2.05) is 16.7 Å². The van der Waals surface area contributed by atoms with Gasteiger partial charge in [-0.2, -0.15) is 5.26 Å². The number of rotatable bonds is 7. The first-order chi connectivity index (χ1) is 15.6. The number of anilines is 1. The van der Waals surface area contributed by atoms with Gasteiger partial charge in [0, 0.05) is 22.0 Å². The zero-order chi connectivity index (χ0) is 22.5. The van der Waals surface area contributed by atoms with E-state index in [0.717, 1.165) is 36.8 Å². The minimum absolute atomic E-state index is 0.163. The molecule has 0 saturated carbocycles. The third-order valence-electron chi connectivity index (χ3n) is 5.25. The topological polar surface area (TPSA) is 83.6 Å². The van der Waals surface area contributed by atoms with Crippen molar-refractivity contribution in [1.82, 2.24) is 14.8 Å². The van der Waals surface area contributed by atoms with E-state index in [9.17, 15) is 10.1 Å². The molecule has 1 aliphatic carbocycles. The lowest BCUT2D eigenvalue weighted by molar-refractivity contribution is -0.113. The Morgan fingerprint density at radius 1 is 1.28 bits per heavy atom. The van der Waals surface area contributed by atoms with Gasteiger partial charge in [-0.05, 0) is 55.5 Å². The number of hydrogen-bond acceptors (Lipinski definition) is 6. The third kappa shape index (κ3) is 4.90. The normalized spacial score (nSPS) is 13.1. The van der Waals surface area contributed by atoms with Crippen molar-refractivity contribution < 1.29 is 4.79 Å². The number of fused-ring (bicyclic) bond motifs is 1. The molecule has 0 bridgehead atoms. The maximum Gasteiger partial charge on any atom is 0.235 e. The molecule has 164 valence electrons. The number of allylic oxidation sites excluding steroid dienone is 1. The smallest absolute Gasteiger partial charge is 0.235 e. The highest BCUT2D eigenvalue weighted by molar-refractivity contribution is 7.99. The SMILES string of the molecule is C=CCn1c(SCC(=O)Nc2sc3c(c2C#N)CCCCC3)nnc1-c1ccc(Cl)cc1. The average molecular weight is 484 g/mol. The van der Waals surface area contributed by atoms with Crippen LogP contribution in [0.2, 0.25) is 5.02 Å². The summed E-state index contributed by atoms with van der Waals surface area (Å²) in [7, 11) is 0. The van der Waals surface area contributed by atoms with Crippen molar-refractivity contribution in [3.8, 4) is 17.5 Å².